The van der Waals surface area contributed by atoms with E-state index in [9.17, 15) is 9.59 Å². The second-order valence-electron chi connectivity index (χ2n) is 4.89. The van der Waals surface area contributed by atoms with Crippen molar-refractivity contribution >= 4 is 17.5 Å². The zero-order valence-electron chi connectivity index (χ0n) is 11.8. The van der Waals surface area contributed by atoms with Crippen molar-refractivity contribution in [2.24, 2.45) is 0 Å². The first-order valence-corrected chi connectivity index (χ1v) is 6.69. The Morgan fingerprint density at radius 1 is 1.11 bits per heavy atom. The lowest BCUT2D eigenvalue weighted by atomic mass is 10.1. The number of hydrogen-bond acceptors (Lipinski definition) is 2. The minimum atomic E-state index is 0.0118. The molecule has 0 aliphatic heterocycles. The van der Waals surface area contributed by atoms with Gasteiger partial charge in [-0.3, -0.25) is 9.59 Å². The largest absolute Gasteiger partial charge is 0.354 e. The van der Waals surface area contributed by atoms with E-state index in [1.807, 2.05) is 45.0 Å². The van der Waals surface area contributed by atoms with E-state index < -0.39 is 0 Å². The van der Waals surface area contributed by atoms with Crippen molar-refractivity contribution in [3.05, 3.63) is 29.8 Å². The molecular formula is C15H22N2O2. The smallest absolute Gasteiger partial charge is 0.224 e. The molecule has 0 aromatic heterocycles. The highest BCUT2D eigenvalue weighted by molar-refractivity contribution is 5.90. The number of amides is 2. The monoisotopic (exact) mass is 262 g/mol. The van der Waals surface area contributed by atoms with Crippen LogP contribution in [0.1, 0.15) is 39.2 Å². The molecule has 0 spiro atoms. The van der Waals surface area contributed by atoms with E-state index in [0.717, 1.165) is 17.7 Å². The standard InChI is InChI=1S/C15H22N2O2/c1-4-5-14(18)17-13-8-6-12(7-9-13)10-15(19)16-11(2)3/h6-9,11H,4-5,10H2,1-3H3,(H,16,19)(H,17,18). The maximum absolute atomic E-state index is 11.6. The van der Waals surface area contributed by atoms with Crippen molar-refractivity contribution in [1.29, 1.82) is 0 Å². The molecule has 0 heterocycles. The molecule has 1 rings (SSSR count). The molecule has 104 valence electrons. The molecule has 0 radical (unpaired) electrons. The molecule has 19 heavy (non-hydrogen) atoms. The minimum absolute atomic E-state index is 0.0118. The lowest BCUT2D eigenvalue weighted by Gasteiger charge is -2.09. The first kappa shape index (κ1) is 15.2. The van der Waals surface area contributed by atoms with Gasteiger partial charge in [-0.25, -0.2) is 0 Å². The highest BCUT2D eigenvalue weighted by Crippen LogP contribution is 2.10. The summed E-state index contributed by atoms with van der Waals surface area (Å²) in [7, 11) is 0. The lowest BCUT2D eigenvalue weighted by Crippen LogP contribution is -2.31. The second-order valence-corrected chi connectivity index (χ2v) is 4.89. The van der Waals surface area contributed by atoms with Gasteiger partial charge in [0.05, 0.1) is 6.42 Å². The maximum atomic E-state index is 11.6. The Balaban J connectivity index is 2.52. The van der Waals surface area contributed by atoms with Gasteiger partial charge in [-0.15, -0.1) is 0 Å². The molecule has 2 amide bonds. The number of benzene rings is 1. The van der Waals surface area contributed by atoms with E-state index in [1.165, 1.54) is 0 Å². The average molecular weight is 262 g/mol. The van der Waals surface area contributed by atoms with Crippen LogP contribution in [0.4, 0.5) is 5.69 Å². The van der Waals surface area contributed by atoms with Crippen molar-refractivity contribution in [1.82, 2.24) is 5.32 Å². The van der Waals surface area contributed by atoms with E-state index in [-0.39, 0.29) is 17.9 Å². The van der Waals surface area contributed by atoms with E-state index in [4.69, 9.17) is 0 Å². The molecule has 0 aliphatic carbocycles. The van der Waals surface area contributed by atoms with Crippen LogP contribution in [0.2, 0.25) is 0 Å². The predicted octanol–water partition coefficient (Wildman–Crippen LogP) is 2.49. The maximum Gasteiger partial charge on any atom is 0.224 e. The van der Waals surface area contributed by atoms with Crippen molar-refractivity contribution in [2.75, 3.05) is 5.32 Å². The summed E-state index contributed by atoms with van der Waals surface area (Å²) in [6.07, 6.45) is 1.72. The number of carbonyl (C=O) groups is 2. The van der Waals surface area contributed by atoms with Gasteiger partial charge in [0.2, 0.25) is 11.8 Å². The third kappa shape index (κ3) is 6.04. The van der Waals surface area contributed by atoms with Crippen LogP contribution < -0.4 is 10.6 Å². The first-order chi connectivity index (χ1) is 9.01. The van der Waals surface area contributed by atoms with Crippen LogP contribution in [0, 0.1) is 0 Å². The Hall–Kier alpha value is -1.84. The van der Waals surface area contributed by atoms with E-state index in [2.05, 4.69) is 10.6 Å². The molecule has 0 aliphatic rings. The summed E-state index contributed by atoms with van der Waals surface area (Å²) in [6, 6.07) is 7.53. The molecule has 0 unspecified atom stereocenters. The summed E-state index contributed by atoms with van der Waals surface area (Å²) < 4.78 is 0. The van der Waals surface area contributed by atoms with E-state index in [1.54, 1.807) is 0 Å². The third-order valence-electron chi connectivity index (χ3n) is 2.53. The topological polar surface area (TPSA) is 58.2 Å². The average Bonchev–Trinajstić information content (AvgIpc) is 2.31. The summed E-state index contributed by atoms with van der Waals surface area (Å²) in [6.45, 7) is 5.84. The highest BCUT2D eigenvalue weighted by atomic mass is 16.2. The summed E-state index contributed by atoms with van der Waals surface area (Å²) in [4.78, 5) is 23.0. The molecular weight excluding hydrogens is 240 g/mol. The van der Waals surface area contributed by atoms with Crippen molar-refractivity contribution in [2.45, 2.75) is 46.1 Å². The van der Waals surface area contributed by atoms with Gasteiger partial charge in [0.15, 0.2) is 0 Å². The van der Waals surface area contributed by atoms with Crippen molar-refractivity contribution in [3.8, 4) is 0 Å². The van der Waals surface area contributed by atoms with Gasteiger partial charge in [0.1, 0.15) is 0 Å². The summed E-state index contributed by atoms with van der Waals surface area (Å²) >= 11 is 0. The van der Waals surface area contributed by atoms with Gasteiger partial charge < -0.3 is 10.6 Å². The Kier molecular flexibility index (Phi) is 6.06. The van der Waals surface area contributed by atoms with Gasteiger partial charge in [-0.1, -0.05) is 19.1 Å². The summed E-state index contributed by atoms with van der Waals surface area (Å²) in [5, 5.41) is 5.66. The molecule has 4 nitrogen and oxygen atoms in total. The number of anilines is 1. The molecule has 0 fully saturated rings. The van der Waals surface area contributed by atoms with E-state index >= 15 is 0 Å². The van der Waals surface area contributed by atoms with Gasteiger partial charge in [0.25, 0.3) is 0 Å². The summed E-state index contributed by atoms with van der Waals surface area (Å²) in [5.41, 5.74) is 1.71. The van der Waals surface area contributed by atoms with Crippen LogP contribution in [-0.4, -0.2) is 17.9 Å². The fourth-order valence-corrected chi connectivity index (χ4v) is 1.71. The highest BCUT2D eigenvalue weighted by Gasteiger charge is 2.05. The Labute approximate surface area is 114 Å². The fourth-order valence-electron chi connectivity index (χ4n) is 1.71. The van der Waals surface area contributed by atoms with Crippen LogP contribution in [0.3, 0.4) is 0 Å². The number of hydrogen-bond donors (Lipinski definition) is 2. The Morgan fingerprint density at radius 3 is 2.26 bits per heavy atom. The molecule has 0 saturated carbocycles. The van der Waals surface area contributed by atoms with Crippen molar-refractivity contribution in [3.63, 3.8) is 0 Å². The fraction of sp³-hybridized carbons (Fsp3) is 0.467. The van der Waals surface area contributed by atoms with Gasteiger partial charge >= 0.3 is 0 Å². The second kappa shape index (κ2) is 7.56. The number of nitrogens with one attached hydrogen (secondary N) is 2. The van der Waals surface area contributed by atoms with Crippen LogP contribution in [-0.2, 0) is 16.0 Å². The molecule has 1 aromatic rings. The quantitative estimate of drug-likeness (QED) is 0.827. The Bertz CT molecular complexity index is 424. The third-order valence-corrected chi connectivity index (χ3v) is 2.53. The first-order valence-electron chi connectivity index (χ1n) is 6.69. The van der Waals surface area contributed by atoms with Crippen LogP contribution in [0.15, 0.2) is 24.3 Å². The lowest BCUT2D eigenvalue weighted by molar-refractivity contribution is -0.121. The molecule has 0 bridgehead atoms. The molecule has 0 atom stereocenters. The minimum Gasteiger partial charge on any atom is -0.354 e. The van der Waals surface area contributed by atoms with Crippen molar-refractivity contribution < 1.29 is 9.59 Å². The zero-order valence-corrected chi connectivity index (χ0v) is 11.8. The summed E-state index contributed by atoms with van der Waals surface area (Å²) in [5.74, 6) is 0.0329. The normalized spacial score (nSPS) is 10.3. The Morgan fingerprint density at radius 2 is 1.74 bits per heavy atom. The number of rotatable bonds is 6. The molecule has 1 aromatic carbocycles. The molecule has 2 N–H and O–H groups in total. The molecule has 4 heteroatoms. The van der Waals surface area contributed by atoms with Crippen LogP contribution >= 0.6 is 0 Å². The van der Waals surface area contributed by atoms with Crippen LogP contribution in [0.5, 0.6) is 0 Å². The molecule has 0 saturated heterocycles. The van der Waals surface area contributed by atoms with Gasteiger partial charge in [0, 0.05) is 18.2 Å². The van der Waals surface area contributed by atoms with Gasteiger partial charge in [-0.2, -0.15) is 0 Å². The predicted molar refractivity (Wildman–Crippen MR) is 77.0 cm³/mol. The number of carbonyl (C=O) groups excluding carboxylic acids is 2. The SMILES string of the molecule is CCCC(=O)Nc1ccc(CC(=O)NC(C)C)cc1. The van der Waals surface area contributed by atoms with Gasteiger partial charge in [-0.05, 0) is 38.0 Å². The van der Waals surface area contributed by atoms with E-state index in [0.29, 0.717) is 12.8 Å². The zero-order chi connectivity index (χ0) is 14.3. The van der Waals surface area contributed by atoms with Crippen LogP contribution in [0.25, 0.3) is 0 Å².